The van der Waals surface area contributed by atoms with Crippen LogP contribution in [0.1, 0.15) is 71.1 Å². The van der Waals surface area contributed by atoms with E-state index in [4.69, 9.17) is 4.74 Å². The first-order valence-electron chi connectivity index (χ1n) is 7.77. The van der Waals surface area contributed by atoms with E-state index in [1.54, 1.807) is 7.11 Å². The average molecular weight is 252 g/mol. The van der Waals surface area contributed by atoms with Gasteiger partial charge in [-0.1, -0.05) is 39.0 Å². The molecule has 2 unspecified atom stereocenters. The van der Waals surface area contributed by atoms with Gasteiger partial charge in [-0.05, 0) is 38.0 Å². The van der Waals surface area contributed by atoms with Crippen LogP contribution in [0.3, 0.4) is 0 Å². The summed E-state index contributed by atoms with van der Waals surface area (Å²) in [5.41, 5.74) is -0.438. The maximum atomic E-state index is 12.9. The van der Waals surface area contributed by atoms with E-state index in [-0.39, 0.29) is 5.92 Å². The largest absolute Gasteiger partial charge is 0.370 e. The molecule has 2 heteroatoms. The van der Waals surface area contributed by atoms with Gasteiger partial charge in [-0.2, -0.15) is 0 Å². The lowest BCUT2D eigenvalue weighted by molar-refractivity contribution is -0.152. The van der Waals surface area contributed by atoms with Gasteiger partial charge < -0.3 is 4.74 Å². The summed E-state index contributed by atoms with van der Waals surface area (Å²) in [7, 11) is 1.74. The molecule has 2 atom stereocenters. The third-order valence-corrected chi connectivity index (χ3v) is 5.02. The molecule has 0 saturated heterocycles. The Morgan fingerprint density at radius 1 is 1.06 bits per heavy atom. The summed E-state index contributed by atoms with van der Waals surface area (Å²) in [5.74, 6) is 1.34. The molecule has 0 bridgehead atoms. The molecule has 2 aliphatic rings. The quantitative estimate of drug-likeness (QED) is 0.706. The molecule has 0 heterocycles. The lowest BCUT2D eigenvalue weighted by Gasteiger charge is -2.39. The van der Waals surface area contributed by atoms with Crippen LogP contribution in [-0.2, 0) is 9.53 Å². The van der Waals surface area contributed by atoms with Gasteiger partial charge in [0, 0.05) is 13.0 Å². The maximum Gasteiger partial charge on any atom is 0.167 e. The fourth-order valence-corrected chi connectivity index (χ4v) is 3.93. The molecule has 18 heavy (non-hydrogen) atoms. The molecule has 0 aromatic heterocycles. The molecule has 104 valence electrons. The number of ketones is 1. The Labute approximate surface area is 111 Å². The monoisotopic (exact) mass is 252 g/mol. The van der Waals surface area contributed by atoms with Gasteiger partial charge in [0.2, 0.25) is 0 Å². The zero-order chi connectivity index (χ0) is 13.0. The number of carbonyl (C=O) groups excluding carboxylic acids is 1. The molecule has 2 rings (SSSR count). The van der Waals surface area contributed by atoms with Crippen molar-refractivity contribution < 1.29 is 9.53 Å². The van der Waals surface area contributed by atoms with Gasteiger partial charge >= 0.3 is 0 Å². The van der Waals surface area contributed by atoms with E-state index in [9.17, 15) is 4.79 Å². The van der Waals surface area contributed by atoms with Crippen molar-refractivity contribution >= 4 is 5.78 Å². The van der Waals surface area contributed by atoms with Crippen LogP contribution >= 0.6 is 0 Å². The van der Waals surface area contributed by atoms with Crippen molar-refractivity contribution in [3.8, 4) is 0 Å². The lowest BCUT2D eigenvalue weighted by atomic mass is 9.72. The Kier molecular flexibility index (Phi) is 4.83. The van der Waals surface area contributed by atoms with Crippen molar-refractivity contribution in [1.29, 1.82) is 0 Å². The molecule has 0 aromatic carbocycles. The predicted molar refractivity (Wildman–Crippen MR) is 73.6 cm³/mol. The smallest absolute Gasteiger partial charge is 0.167 e. The summed E-state index contributed by atoms with van der Waals surface area (Å²) < 4.78 is 5.76. The molecule has 2 saturated carbocycles. The van der Waals surface area contributed by atoms with E-state index in [0.717, 1.165) is 32.1 Å². The number of hydrogen-bond donors (Lipinski definition) is 0. The minimum absolute atomic E-state index is 0.276. The minimum Gasteiger partial charge on any atom is -0.370 e. The van der Waals surface area contributed by atoms with Crippen LogP contribution in [0.4, 0.5) is 0 Å². The first-order valence-corrected chi connectivity index (χ1v) is 7.77. The highest BCUT2D eigenvalue weighted by Crippen LogP contribution is 2.39. The zero-order valence-corrected chi connectivity index (χ0v) is 12.0. The molecule has 0 amide bonds. The summed E-state index contributed by atoms with van der Waals surface area (Å²) in [6, 6.07) is 0. The molecule has 0 aromatic rings. The van der Waals surface area contributed by atoms with Crippen molar-refractivity contribution in [3.63, 3.8) is 0 Å². The van der Waals surface area contributed by atoms with Crippen LogP contribution in [0.2, 0.25) is 0 Å². The fraction of sp³-hybridized carbons (Fsp3) is 0.938. The van der Waals surface area contributed by atoms with Crippen molar-refractivity contribution in [3.05, 3.63) is 0 Å². The fourth-order valence-electron chi connectivity index (χ4n) is 3.93. The van der Waals surface area contributed by atoms with Gasteiger partial charge in [-0.3, -0.25) is 4.79 Å². The van der Waals surface area contributed by atoms with Gasteiger partial charge in [0.25, 0.3) is 0 Å². The SMILES string of the molecule is COC1(C(=O)C2CCCCCC2)CCCC(C)C1. The average Bonchev–Trinajstić information content (AvgIpc) is 2.66. The highest BCUT2D eigenvalue weighted by atomic mass is 16.5. The van der Waals surface area contributed by atoms with Gasteiger partial charge in [-0.15, -0.1) is 0 Å². The van der Waals surface area contributed by atoms with Gasteiger partial charge in [0.05, 0.1) is 0 Å². The summed E-state index contributed by atoms with van der Waals surface area (Å²) >= 11 is 0. The lowest BCUT2D eigenvalue weighted by Crippen LogP contribution is -2.47. The van der Waals surface area contributed by atoms with Gasteiger partial charge in [0.15, 0.2) is 5.78 Å². The number of methoxy groups -OCH3 is 1. The molecular weight excluding hydrogens is 224 g/mol. The van der Waals surface area contributed by atoms with Gasteiger partial charge in [-0.25, -0.2) is 0 Å². The van der Waals surface area contributed by atoms with Crippen molar-refractivity contribution in [2.45, 2.75) is 76.7 Å². The first kappa shape index (κ1) is 14.0. The molecule has 2 fully saturated rings. The summed E-state index contributed by atoms with van der Waals surface area (Å²) in [6.07, 6.45) is 11.5. The molecule has 0 aliphatic heterocycles. The van der Waals surface area contributed by atoms with Crippen LogP contribution < -0.4 is 0 Å². The Morgan fingerprint density at radius 3 is 2.28 bits per heavy atom. The number of hydrogen-bond acceptors (Lipinski definition) is 2. The molecule has 0 spiro atoms. The van der Waals surface area contributed by atoms with E-state index in [1.807, 2.05) is 0 Å². The number of carbonyl (C=O) groups is 1. The van der Waals surface area contributed by atoms with E-state index < -0.39 is 5.60 Å². The van der Waals surface area contributed by atoms with Crippen LogP contribution in [0, 0.1) is 11.8 Å². The predicted octanol–water partition coefficient (Wildman–Crippen LogP) is 4.12. The highest BCUT2D eigenvalue weighted by molar-refractivity contribution is 5.89. The van der Waals surface area contributed by atoms with E-state index in [0.29, 0.717) is 11.7 Å². The summed E-state index contributed by atoms with van der Waals surface area (Å²) in [6.45, 7) is 2.26. The second kappa shape index (κ2) is 6.18. The Hall–Kier alpha value is -0.370. The van der Waals surface area contributed by atoms with E-state index in [1.165, 1.54) is 32.1 Å². The summed E-state index contributed by atoms with van der Waals surface area (Å²) in [5, 5.41) is 0. The van der Waals surface area contributed by atoms with E-state index >= 15 is 0 Å². The second-order valence-electron chi connectivity index (χ2n) is 6.45. The van der Waals surface area contributed by atoms with Crippen molar-refractivity contribution in [1.82, 2.24) is 0 Å². The number of ether oxygens (including phenoxy) is 1. The van der Waals surface area contributed by atoms with Crippen LogP contribution in [0.25, 0.3) is 0 Å². The topological polar surface area (TPSA) is 26.3 Å². The number of rotatable bonds is 3. The molecule has 0 N–H and O–H groups in total. The van der Waals surface area contributed by atoms with Crippen LogP contribution in [0.5, 0.6) is 0 Å². The molecule has 2 nitrogen and oxygen atoms in total. The van der Waals surface area contributed by atoms with Gasteiger partial charge in [0.1, 0.15) is 5.60 Å². The number of Topliss-reactive ketones (excluding diaryl/α,β-unsaturated/α-hetero) is 1. The molecular formula is C16H28O2. The second-order valence-corrected chi connectivity index (χ2v) is 6.45. The third-order valence-electron chi connectivity index (χ3n) is 5.02. The third kappa shape index (κ3) is 2.96. The van der Waals surface area contributed by atoms with Crippen molar-refractivity contribution in [2.75, 3.05) is 7.11 Å². The van der Waals surface area contributed by atoms with E-state index in [2.05, 4.69) is 6.92 Å². The first-order chi connectivity index (χ1) is 8.68. The minimum atomic E-state index is -0.438. The Morgan fingerprint density at radius 2 is 1.72 bits per heavy atom. The van der Waals surface area contributed by atoms with Crippen LogP contribution in [0.15, 0.2) is 0 Å². The Bertz CT molecular complexity index is 279. The Balaban J connectivity index is 2.07. The molecule has 0 radical (unpaired) electrons. The maximum absolute atomic E-state index is 12.9. The normalized spacial score (nSPS) is 35.1. The zero-order valence-electron chi connectivity index (χ0n) is 12.0. The van der Waals surface area contributed by atoms with Crippen LogP contribution in [-0.4, -0.2) is 18.5 Å². The molecule has 2 aliphatic carbocycles. The highest BCUT2D eigenvalue weighted by Gasteiger charge is 2.44. The summed E-state index contributed by atoms with van der Waals surface area (Å²) in [4.78, 5) is 12.9. The standard InChI is InChI=1S/C16H28O2/c1-13-8-7-11-16(12-13,18-2)15(17)14-9-5-3-4-6-10-14/h13-14H,3-12H2,1-2H3. The van der Waals surface area contributed by atoms with Crippen molar-refractivity contribution in [2.24, 2.45) is 11.8 Å².